The maximum absolute atomic E-state index is 5.75. The number of benzene rings is 1. The molecule has 1 N–H and O–H groups in total. The zero-order valence-corrected chi connectivity index (χ0v) is 15.6. The van der Waals surface area contributed by atoms with Crippen LogP contribution in [0.1, 0.15) is 30.5 Å². The van der Waals surface area contributed by atoms with E-state index in [1.54, 1.807) is 36.9 Å². The van der Waals surface area contributed by atoms with Crippen molar-refractivity contribution >= 4 is 33.4 Å². The summed E-state index contributed by atoms with van der Waals surface area (Å²) in [5.41, 5.74) is 1.60. The Hall–Kier alpha value is -2.91. The Bertz CT molecular complexity index is 951. The summed E-state index contributed by atoms with van der Waals surface area (Å²) in [7, 11) is 1.80. The fraction of sp³-hybridized carbons (Fsp3) is 0.250. The van der Waals surface area contributed by atoms with E-state index in [1.165, 1.54) is 0 Å². The molecule has 6 heteroatoms. The van der Waals surface area contributed by atoms with Crippen LogP contribution >= 0.6 is 11.3 Å². The first-order valence-corrected chi connectivity index (χ1v) is 9.31. The summed E-state index contributed by atoms with van der Waals surface area (Å²) in [5, 5.41) is 3.84. The lowest BCUT2D eigenvalue weighted by molar-refractivity contribution is 0.310. The zero-order chi connectivity index (χ0) is 18.2. The second-order valence-electron chi connectivity index (χ2n) is 5.52. The molecule has 0 atom stereocenters. The third kappa shape index (κ3) is 4.80. The number of aromatic nitrogens is 3. The van der Waals surface area contributed by atoms with Crippen molar-refractivity contribution in [1.82, 2.24) is 15.0 Å². The molecular formula is C20H20N4OS. The molecule has 0 aliphatic rings. The summed E-state index contributed by atoms with van der Waals surface area (Å²) in [4.78, 5) is 13.0. The molecule has 0 saturated carbocycles. The molecule has 0 amide bonds. The summed E-state index contributed by atoms with van der Waals surface area (Å²) >= 11 is 1.62. The number of ether oxygens (including phenoxy) is 1. The van der Waals surface area contributed by atoms with Crippen molar-refractivity contribution < 1.29 is 4.74 Å². The quantitative estimate of drug-likeness (QED) is 0.520. The molecule has 1 aromatic carbocycles. The third-order valence-electron chi connectivity index (χ3n) is 3.56. The highest BCUT2D eigenvalue weighted by Gasteiger charge is 2.03. The van der Waals surface area contributed by atoms with Crippen molar-refractivity contribution in [1.29, 1.82) is 0 Å². The summed E-state index contributed by atoms with van der Waals surface area (Å²) in [6.45, 7) is 2.91. The predicted octanol–water partition coefficient (Wildman–Crippen LogP) is 4.37. The number of nitrogens with zero attached hydrogens (tertiary/aromatic N) is 3. The van der Waals surface area contributed by atoms with E-state index in [9.17, 15) is 0 Å². The normalized spacial score (nSPS) is 10.7. The van der Waals surface area contributed by atoms with Gasteiger partial charge in [0.2, 0.25) is 0 Å². The first kappa shape index (κ1) is 17.9. The van der Waals surface area contributed by atoms with E-state index in [0.717, 1.165) is 46.2 Å². The van der Waals surface area contributed by atoms with E-state index in [0.29, 0.717) is 5.69 Å². The lowest BCUT2D eigenvalue weighted by Gasteiger charge is -2.04. The van der Waals surface area contributed by atoms with Crippen LogP contribution in [0.15, 0.2) is 36.7 Å². The third-order valence-corrected chi connectivity index (χ3v) is 4.54. The van der Waals surface area contributed by atoms with Gasteiger partial charge in [-0.2, -0.15) is 0 Å². The molecule has 2 aromatic heterocycles. The Morgan fingerprint density at radius 2 is 2.19 bits per heavy atom. The average Bonchev–Trinajstić information content (AvgIpc) is 3.08. The molecule has 0 fully saturated rings. The first-order chi connectivity index (χ1) is 12.8. The topological polar surface area (TPSA) is 59.9 Å². The van der Waals surface area contributed by atoms with Crippen LogP contribution in [0.5, 0.6) is 5.75 Å². The van der Waals surface area contributed by atoms with Crippen LogP contribution in [0.3, 0.4) is 0 Å². The Balaban J connectivity index is 1.66. The minimum absolute atomic E-state index is 0.631. The van der Waals surface area contributed by atoms with Gasteiger partial charge in [0.05, 0.1) is 29.2 Å². The number of hydrogen-bond donors (Lipinski definition) is 1. The Kier molecular flexibility index (Phi) is 6.18. The van der Waals surface area contributed by atoms with Gasteiger partial charge in [0.1, 0.15) is 22.3 Å². The summed E-state index contributed by atoms with van der Waals surface area (Å²) < 4.78 is 6.86. The number of rotatable bonds is 6. The lowest BCUT2D eigenvalue weighted by atomic mass is 10.3. The van der Waals surface area contributed by atoms with Crippen LogP contribution in [-0.4, -0.2) is 28.6 Å². The molecule has 26 heavy (non-hydrogen) atoms. The van der Waals surface area contributed by atoms with Crippen LogP contribution < -0.4 is 10.1 Å². The first-order valence-electron chi connectivity index (χ1n) is 8.50. The highest BCUT2D eigenvalue weighted by Crippen LogP contribution is 2.27. The van der Waals surface area contributed by atoms with E-state index in [1.807, 2.05) is 24.3 Å². The van der Waals surface area contributed by atoms with E-state index < -0.39 is 0 Å². The van der Waals surface area contributed by atoms with Crippen LogP contribution in [0.4, 0.5) is 5.82 Å². The standard InChI is InChI=1S/C20H20N4OS/c1-3-4-11-25-16-9-10-17-18(12-16)26-20(24-17)8-6-5-7-15-13-23-19(21-2)14-22-15/h6,8-10,12-14H,3-4,11H2,1-2H3,(H,21,23)/b8-6+. The predicted molar refractivity (Wildman–Crippen MR) is 108 cm³/mol. The SMILES string of the molecule is CCCCOc1ccc2nc(/C=C/C#Cc3cnc(NC)cn3)sc2c1. The van der Waals surface area contributed by atoms with Gasteiger partial charge in [-0.25, -0.2) is 15.0 Å². The number of nitrogens with one attached hydrogen (secondary N) is 1. The van der Waals surface area contributed by atoms with E-state index in [2.05, 4.69) is 39.0 Å². The van der Waals surface area contributed by atoms with Gasteiger partial charge in [0.25, 0.3) is 0 Å². The molecule has 0 unspecified atom stereocenters. The maximum atomic E-state index is 5.75. The minimum atomic E-state index is 0.631. The van der Waals surface area contributed by atoms with Crippen LogP contribution in [0.25, 0.3) is 16.3 Å². The molecule has 2 heterocycles. The van der Waals surface area contributed by atoms with Gasteiger partial charge < -0.3 is 10.1 Å². The van der Waals surface area contributed by atoms with Gasteiger partial charge in [-0.05, 0) is 42.7 Å². The Morgan fingerprint density at radius 1 is 1.27 bits per heavy atom. The van der Waals surface area contributed by atoms with Crippen molar-refractivity contribution in [2.24, 2.45) is 0 Å². The average molecular weight is 364 g/mol. The summed E-state index contributed by atoms with van der Waals surface area (Å²) in [5.74, 6) is 7.54. The summed E-state index contributed by atoms with van der Waals surface area (Å²) in [6, 6.07) is 6.01. The fourth-order valence-corrected chi connectivity index (χ4v) is 3.07. The summed E-state index contributed by atoms with van der Waals surface area (Å²) in [6.07, 6.45) is 9.18. The fourth-order valence-electron chi connectivity index (χ4n) is 2.17. The molecule has 0 bridgehead atoms. The molecule has 0 aliphatic heterocycles. The zero-order valence-electron chi connectivity index (χ0n) is 14.8. The molecule has 3 rings (SSSR count). The molecule has 0 radical (unpaired) electrons. The molecule has 132 valence electrons. The Morgan fingerprint density at radius 3 is 2.96 bits per heavy atom. The van der Waals surface area contributed by atoms with E-state index in [4.69, 9.17) is 4.74 Å². The molecule has 0 aliphatic carbocycles. The maximum Gasteiger partial charge on any atom is 0.144 e. The molecular weight excluding hydrogens is 344 g/mol. The van der Waals surface area contributed by atoms with Crippen molar-refractivity contribution in [3.63, 3.8) is 0 Å². The van der Waals surface area contributed by atoms with Crippen molar-refractivity contribution in [3.05, 3.63) is 47.4 Å². The van der Waals surface area contributed by atoms with Crippen LogP contribution in [0, 0.1) is 11.8 Å². The Labute approximate surface area is 157 Å². The number of thiazole rings is 1. The number of allylic oxidation sites excluding steroid dienone is 1. The van der Waals surface area contributed by atoms with Gasteiger partial charge >= 0.3 is 0 Å². The van der Waals surface area contributed by atoms with Gasteiger partial charge in [0, 0.05) is 7.05 Å². The second-order valence-corrected chi connectivity index (χ2v) is 6.59. The van der Waals surface area contributed by atoms with Gasteiger partial charge in [-0.1, -0.05) is 19.3 Å². The van der Waals surface area contributed by atoms with Crippen molar-refractivity contribution in [3.8, 4) is 17.6 Å². The van der Waals surface area contributed by atoms with Crippen LogP contribution in [0.2, 0.25) is 0 Å². The number of fused-ring (bicyclic) bond motifs is 1. The minimum Gasteiger partial charge on any atom is -0.494 e. The number of hydrogen-bond acceptors (Lipinski definition) is 6. The van der Waals surface area contributed by atoms with Gasteiger partial charge in [0.15, 0.2) is 0 Å². The smallest absolute Gasteiger partial charge is 0.144 e. The number of unbranched alkanes of at least 4 members (excludes halogenated alkanes) is 1. The molecule has 0 saturated heterocycles. The van der Waals surface area contributed by atoms with E-state index >= 15 is 0 Å². The second kappa shape index (κ2) is 8.97. The highest BCUT2D eigenvalue weighted by atomic mass is 32.1. The lowest BCUT2D eigenvalue weighted by Crippen LogP contribution is -1.95. The van der Waals surface area contributed by atoms with Gasteiger partial charge in [-0.3, -0.25) is 0 Å². The van der Waals surface area contributed by atoms with E-state index in [-0.39, 0.29) is 0 Å². The largest absolute Gasteiger partial charge is 0.494 e. The molecule has 0 spiro atoms. The monoisotopic (exact) mass is 364 g/mol. The molecule has 5 nitrogen and oxygen atoms in total. The number of anilines is 1. The molecule has 3 aromatic rings. The van der Waals surface area contributed by atoms with Crippen LogP contribution in [-0.2, 0) is 0 Å². The van der Waals surface area contributed by atoms with Crippen molar-refractivity contribution in [2.45, 2.75) is 19.8 Å². The van der Waals surface area contributed by atoms with Gasteiger partial charge in [-0.15, -0.1) is 11.3 Å². The highest BCUT2D eigenvalue weighted by molar-refractivity contribution is 7.19. The van der Waals surface area contributed by atoms with Crippen molar-refractivity contribution in [2.75, 3.05) is 19.0 Å².